The Morgan fingerprint density at radius 3 is 1.83 bits per heavy atom. The number of para-hydroxylation sites is 3. The van der Waals surface area contributed by atoms with Crippen LogP contribution in [0.3, 0.4) is 0 Å². The maximum atomic E-state index is 3.81. The van der Waals surface area contributed by atoms with Gasteiger partial charge in [0.2, 0.25) is 0 Å². The second-order valence-corrected chi connectivity index (χ2v) is 12.6. The van der Waals surface area contributed by atoms with E-state index in [0.29, 0.717) is 0 Å². The molecule has 6 aromatic rings. The van der Waals surface area contributed by atoms with Crippen LogP contribution in [0.1, 0.15) is 32.7 Å². The lowest BCUT2D eigenvalue weighted by Gasteiger charge is -2.50. The van der Waals surface area contributed by atoms with Gasteiger partial charge in [-0.3, -0.25) is 0 Å². The molecule has 2 nitrogen and oxygen atoms in total. The smallest absolute Gasteiger partial charge is 0.0876 e. The molecule has 0 fully saturated rings. The second-order valence-electron chi connectivity index (χ2n) is 10.8. The van der Waals surface area contributed by atoms with E-state index in [9.17, 15) is 0 Å². The van der Waals surface area contributed by atoms with Crippen LogP contribution in [0.4, 0.5) is 28.4 Å². The van der Waals surface area contributed by atoms with Crippen molar-refractivity contribution >= 4 is 55.7 Å². The Hall–Kier alpha value is -4.12. The van der Waals surface area contributed by atoms with Gasteiger partial charge in [-0.05, 0) is 77.0 Å². The normalized spacial score (nSPS) is 14.3. The van der Waals surface area contributed by atoms with Crippen LogP contribution in [-0.4, -0.2) is 0 Å². The zero-order chi connectivity index (χ0) is 27.6. The summed E-state index contributed by atoms with van der Waals surface area (Å²) in [6.45, 7) is 2.94. The van der Waals surface area contributed by atoms with Crippen LogP contribution in [0.2, 0.25) is 0 Å². The zero-order valence-electron chi connectivity index (χ0n) is 22.6. The fourth-order valence-corrected chi connectivity index (χ4v) is 8.34. The van der Waals surface area contributed by atoms with Gasteiger partial charge < -0.3 is 9.80 Å². The Bertz CT molecular complexity index is 1870. The molecule has 0 N–H and O–H groups in total. The predicted molar refractivity (Wildman–Crippen MR) is 176 cm³/mol. The molecule has 198 valence electrons. The second kappa shape index (κ2) is 9.47. The van der Waals surface area contributed by atoms with E-state index in [1.165, 1.54) is 61.1 Å². The van der Waals surface area contributed by atoms with Crippen molar-refractivity contribution in [2.75, 3.05) is 9.80 Å². The molecule has 41 heavy (non-hydrogen) atoms. The van der Waals surface area contributed by atoms with E-state index in [1.54, 1.807) is 0 Å². The van der Waals surface area contributed by atoms with Crippen molar-refractivity contribution in [2.24, 2.45) is 0 Å². The lowest BCUT2D eigenvalue weighted by atomic mass is 9.63. The van der Waals surface area contributed by atoms with Gasteiger partial charge in [-0.25, -0.2) is 0 Å². The van der Waals surface area contributed by atoms with Crippen LogP contribution in [0, 0.1) is 6.92 Å². The first-order chi connectivity index (χ1) is 20.2. The van der Waals surface area contributed by atoms with Crippen LogP contribution >= 0.6 is 27.3 Å². The highest BCUT2D eigenvalue weighted by atomic mass is 79.9. The lowest BCUT2D eigenvalue weighted by molar-refractivity contribution is 0.721. The molecule has 5 aromatic carbocycles. The number of thiophene rings is 1. The lowest BCUT2D eigenvalue weighted by Crippen LogP contribution is -2.41. The van der Waals surface area contributed by atoms with Gasteiger partial charge in [0.15, 0.2) is 0 Å². The van der Waals surface area contributed by atoms with Crippen molar-refractivity contribution in [3.8, 4) is 0 Å². The first kappa shape index (κ1) is 24.7. The molecule has 8 rings (SSSR count). The number of aryl methyl sites for hydroxylation is 1. The molecule has 0 unspecified atom stereocenters. The molecule has 0 atom stereocenters. The summed E-state index contributed by atoms with van der Waals surface area (Å²) in [5, 5.41) is 2.27. The Kier molecular flexibility index (Phi) is 5.70. The fraction of sp³-hybridized carbons (Fsp3) is 0.0811. The van der Waals surface area contributed by atoms with Crippen LogP contribution in [0.5, 0.6) is 0 Å². The van der Waals surface area contributed by atoms with Gasteiger partial charge >= 0.3 is 0 Å². The minimum Gasteiger partial charge on any atom is -0.336 e. The molecule has 0 amide bonds. The highest BCUT2D eigenvalue weighted by molar-refractivity contribution is 9.10. The number of halogens is 1. The number of fused-ring (bicyclic) bond motifs is 8. The minimum atomic E-state index is -0.432. The van der Waals surface area contributed by atoms with Crippen molar-refractivity contribution < 1.29 is 0 Å². The van der Waals surface area contributed by atoms with Gasteiger partial charge in [0.05, 0.1) is 22.5 Å². The average Bonchev–Trinajstić information content (AvgIpc) is 3.51. The maximum absolute atomic E-state index is 3.81. The first-order valence-corrected chi connectivity index (χ1v) is 15.6. The molecule has 3 heterocycles. The van der Waals surface area contributed by atoms with Crippen molar-refractivity contribution in [1.29, 1.82) is 0 Å². The van der Waals surface area contributed by atoms with Crippen LogP contribution in [0.15, 0.2) is 137 Å². The first-order valence-electron chi connectivity index (χ1n) is 13.9. The fourth-order valence-electron chi connectivity index (χ4n) is 6.79. The molecular formula is C37H27BrN2S. The Morgan fingerprint density at radius 2 is 1.17 bits per heavy atom. The molecule has 0 radical (unpaired) electrons. The summed E-state index contributed by atoms with van der Waals surface area (Å²) >= 11 is 5.68. The van der Waals surface area contributed by atoms with Crippen LogP contribution in [0.25, 0.3) is 0 Å². The van der Waals surface area contributed by atoms with Crippen molar-refractivity contribution in [3.05, 3.63) is 170 Å². The van der Waals surface area contributed by atoms with Crippen molar-refractivity contribution in [2.45, 2.75) is 18.9 Å². The molecule has 2 aliphatic heterocycles. The van der Waals surface area contributed by atoms with Gasteiger partial charge in [-0.2, -0.15) is 0 Å². The molecule has 0 saturated heterocycles. The highest BCUT2D eigenvalue weighted by Gasteiger charge is 2.52. The quantitative estimate of drug-likeness (QED) is 0.196. The summed E-state index contributed by atoms with van der Waals surface area (Å²) in [4.78, 5) is 6.31. The van der Waals surface area contributed by atoms with E-state index in [-0.39, 0.29) is 0 Å². The van der Waals surface area contributed by atoms with Crippen molar-refractivity contribution in [3.63, 3.8) is 0 Å². The number of hydrogen-bond donors (Lipinski definition) is 0. The molecular weight excluding hydrogens is 584 g/mol. The molecule has 1 aromatic heterocycles. The molecule has 1 spiro atoms. The van der Waals surface area contributed by atoms with Gasteiger partial charge in [-0.15, -0.1) is 11.3 Å². The SMILES string of the molecule is Cc1ccc(N2c3ccccc3C3(c4ccccc4N(Cc4ccccc4Br)c4ccsc43)c3ccccc32)cc1. The highest BCUT2D eigenvalue weighted by Crippen LogP contribution is 2.64. The number of nitrogens with zero attached hydrogens (tertiary/aromatic N) is 2. The summed E-state index contributed by atoms with van der Waals surface area (Å²) in [6, 6.07) is 46.8. The molecule has 0 bridgehead atoms. The summed E-state index contributed by atoms with van der Waals surface area (Å²) in [5.41, 5.74) is 12.2. The topological polar surface area (TPSA) is 6.48 Å². The van der Waals surface area contributed by atoms with E-state index in [2.05, 4.69) is 165 Å². The van der Waals surface area contributed by atoms with E-state index in [0.717, 1.165) is 11.0 Å². The minimum absolute atomic E-state index is 0.432. The number of rotatable bonds is 3. The predicted octanol–water partition coefficient (Wildman–Crippen LogP) is 10.6. The molecule has 0 saturated carbocycles. The third-order valence-corrected chi connectivity index (χ3v) is 10.3. The number of anilines is 5. The molecule has 2 aliphatic rings. The standard InChI is InChI=1S/C37H27BrN2S/c1-25-18-20-27(21-19-25)40-33-16-8-4-12-29(33)37(30-13-5-9-17-34(30)40)28-11-3-7-15-32(28)39(35-22-23-41-36(35)37)24-26-10-2-6-14-31(26)38/h2-23H,24H2,1H3. The average molecular weight is 612 g/mol. The number of benzene rings is 5. The van der Waals surface area contributed by atoms with Crippen LogP contribution in [-0.2, 0) is 12.0 Å². The van der Waals surface area contributed by atoms with Gasteiger partial charge in [0.25, 0.3) is 0 Å². The van der Waals surface area contributed by atoms with E-state index < -0.39 is 5.41 Å². The Labute approximate surface area is 253 Å². The zero-order valence-corrected chi connectivity index (χ0v) is 25.0. The van der Waals surface area contributed by atoms with E-state index in [1.807, 2.05) is 11.3 Å². The summed E-state index contributed by atoms with van der Waals surface area (Å²) < 4.78 is 1.14. The number of hydrogen-bond acceptors (Lipinski definition) is 3. The third-order valence-electron chi connectivity index (χ3n) is 8.55. The molecule has 0 aliphatic carbocycles. The van der Waals surface area contributed by atoms with Gasteiger partial charge in [0, 0.05) is 27.3 Å². The summed E-state index contributed by atoms with van der Waals surface area (Å²) in [5.74, 6) is 0. The Balaban J connectivity index is 1.44. The van der Waals surface area contributed by atoms with E-state index >= 15 is 0 Å². The van der Waals surface area contributed by atoms with Crippen LogP contribution < -0.4 is 9.80 Å². The van der Waals surface area contributed by atoms with Gasteiger partial charge in [-0.1, -0.05) is 106 Å². The van der Waals surface area contributed by atoms with Gasteiger partial charge in [0.1, 0.15) is 0 Å². The summed E-state index contributed by atoms with van der Waals surface area (Å²) in [6.07, 6.45) is 0. The van der Waals surface area contributed by atoms with Crippen molar-refractivity contribution in [1.82, 2.24) is 0 Å². The maximum Gasteiger partial charge on any atom is 0.0876 e. The summed E-state index contributed by atoms with van der Waals surface area (Å²) in [7, 11) is 0. The third kappa shape index (κ3) is 3.54. The monoisotopic (exact) mass is 610 g/mol. The molecule has 4 heteroatoms. The largest absolute Gasteiger partial charge is 0.336 e. The Morgan fingerprint density at radius 1 is 0.610 bits per heavy atom. The van der Waals surface area contributed by atoms with E-state index in [4.69, 9.17) is 0 Å².